The van der Waals surface area contributed by atoms with Crippen LogP contribution in [0.5, 0.6) is 0 Å². The molecule has 0 saturated carbocycles. The lowest BCUT2D eigenvalue weighted by Gasteiger charge is -2.13. The van der Waals surface area contributed by atoms with Gasteiger partial charge in [-0.1, -0.05) is 29.8 Å². The van der Waals surface area contributed by atoms with E-state index >= 15 is 0 Å². The van der Waals surface area contributed by atoms with Gasteiger partial charge in [-0.3, -0.25) is 4.99 Å². The lowest BCUT2D eigenvalue weighted by atomic mass is 10.2. The predicted molar refractivity (Wildman–Crippen MR) is 109 cm³/mol. The molecule has 0 amide bonds. The van der Waals surface area contributed by atoms with Crippen LogP contribution < -0.4 is 10.6 Å². The second kappa shape index (κ2) is 12.7. The van der Waals surface area contributed by atoms with Gasteiger partial charge in [0.2, 0.25) is 0 Å². The Bertz CT molecular complexity index is 496. The fourth-order valence-corrected chi connectivity index (χ4v) is 2.62. The molecule has 136 valence electrons. The van der Waals surface area contributed by atoms with E-state index in [1.807, 2.05) is 24.3 Å². The van der Waals surface area contributed by atoms with Gasteiger partial charge in [0.05, 0.1) is 12.7 Å². The van der Waals surface area contributed by atoms with Crippen molar-refractivity contribution in [3.05, 3.63) is 34.9 Å². The molecule has 2 rings (SSSR count). The summed E-state index contributed by atoms with van der Waals surface area (Å²) in [6.07, 6.45) is 3.51. The predicted octanol–water partition coefficient (Wildman–Crippen LogP) is 3.21. The molecular weight excluding hydrogens is 441 g/mol. The van der Waals surface area contributed by atoms with Crippen molar-refractivity contribution in [2.75, 3.05) is 33.4 Å². The molecular formula is C17H27ClIN3O2. The molecule has 1 aliphatic rings. The van der Waals surface area contributed by atoms with Gasteiger partial charge in [-0.25, -0.2) is 0 Å². The second-order valence-electron chi connectivity index (χ2n) is 5.51. The van der Waals surface area contributed by atoms with Crippen molar-refractivity contribution in [3.8, 4) is 0 Å². The first-order chi connectivity index (χ1) is 11.3. The van der Waals surface area contributed by atoms with Gasteiger partial charge in [0.1, 0.15) is 0 Å². The van der Waals surface area contributed by atoms with E-state index in [0.717, 1.165) is 55.6 Å². The second-order valence-corrected chi connectivity index (χ2v) is 5.91. The molecule has 1 aromatic carbocycles. The molecule has 1 heterocycles. The summed E-state index contributed by atoms with van der Waals surface area (Å²) < 4.78 is 11.2. The monoisotopic (exact) mass is 467 g/mol. The molecule has 0 spiro atoms. The maximum absolute atomic E-state index is 6.14. The van der Waals surface area contributed by atoms with Crippen LogP contribution in [-0.4, -0.2) is 45.5 Å². The summed E-state index contributed by atoms with van der Waals surface area (Å²) in [4.78, 5) is 4.20. The minimum absolute atomic E-state index is 0. The van der Waals surface area contributed by atoms with E-state index in [-0.39, 0.29) is 24.0 Å². The van der Waals surface area contributed by atoms with Crippen molar-refractivity contribution >= 4 is 41.5 Å². The highest BCUT2D eigenvalue weighted by Crippen LogP contribution is 2.14. The smallest absolute Gasteiger partial charge is 0.191 e. The Hall–Kier alpha value is -0.570. The average molecular weight is 468 g/mol. The largest absolute Gasteiger partial charge is 0.379 e. The van der Waals surface area contributed by atoms with E-state index < -0.39 is 0 Å². The van der Waals surface area contributed by atoms with Crippen LogP contribution in [0.25, 0.3) is 0 Å². The lowest BCUT2D eigenvalue weighted by molar-refractivity contribution is 0.0168. The van der Waals surface area contributed by atoms with Gasteiger partial charge in [0.25, 0.3) is 0 Å². The van der Waals surface area contributed by atoms with Crippen molar-refractivity contribution in [2.45, 2.75) is 31.9 Å². The van der Waals surface area contributed by atoms with Gasteiger partial charge in [-0.05, 0) is 30.9 Å². The summed E-state index contributed by atoms with van der Waals surface area (Å²) in [7, 11) is 1.76. The molecule has 24 heavy (non-hydrogen) atoms. The van der Waals surface area contributed by atoms with Crippen molar-refractivity contribution in [1.82, 2.24) is 10.6 Å². The van der Waals surface area contributed by atoms with Crippen LogP contribution in [0.4, 0.5) is 0 Å². The number of hydrogen-bond donors (Lipinski definition) is 2. The van der Waals surface area contributed by atoms with Gasteiger partial charge in [0, 0.05) is 38.4 Å². The van der Waals surface area contributed by atoms with Crippen LogP contribution in [0.2, 0.25) is 5.02 Å². The zero-order valence-corrected chi connectivity index (χ0v) is 17.2. The molecule has 0 aromatic heterocycles. The summed E-state index contributed by atoms with van der Waals surface area (Å²) in [6, 6.07) is 7.79. The van der Waals surface area contributed by atoms with Crippen LogP contribution in [0.3, 0.4) is 0 Å². The summed E-state index contributed by atoms with van der Waals surface area (Å²) in [5, 5.41) is 7.29. The third-order valence-corrected chi connectivity index (χ3v) is 4.08. The van der Waals surface area contributed by atoms with Crippen molar-refractivity contribution in [2.24, 2.45) is 4.99 Å². The molecule has 1 fully saturated rings. The number of benzene rings is 1. The number of aliphatic imine (C=N–C) groups is 1. The van der Waals surface area contributed by atoms with Gasteiger partial charge in [0.15, 0.2) is 5.96 Å². The first kappa shape index (κ1) is 21.5. The quantitative estimate of drug-likeness (QED) is 0.267. The number of guanidine groups is 1. The van der Waals surface area contributed by atoms with E-state index in [2.05, 4.69) is 15.6 Å². The highest BCUT2D eigenvalue weighted by atomic mass is 127. The number of nitrogens with zero attached hydrogens (tertiary/aromatic N) is 1. The Morgan fingerprint density at radius 2 is 2.21 bits per heavy atom. The first-order valence-electron chi connectivity index (χ1n) is 8.17. The number of halogens is 2. The molecule has 0 aliphatic carbocycles. The van der Waals surface area contributed by atoms with Crippen LogP contribution in [-0.2, 0) is 16.0 Å². The molecule has 1 aromatic rings. The van der Waals surface area contributed by atoms with Crippen LogP contribution in [0.1, 0.15) is 24.8 Å². The third kappa shape index (κ3) is 8.00. The molecule has 5 nitrogen and oxygen atoms in total. The Balaban J connectivity index is 0.00000288. The number of hydrogen-bond acceptors (Lipinski definition) is 3. The van der Waals surface area contributed by atoms with Crippen LogP contribution in [0.15, 0.2) is 29.3 Å². The molecule has 0 radical (unpaired) electrons. The zero-order valence-electron chi connectivity index (χ0n) is 14.1. The van der Waals surface area contributed by atoms with Crippen LogP contribution >= 0.6 is 35.6 Å². The van der Waals surface area contributed by atoms with Gasteiger partial charge in [-0.15, -0.1) is 24.0 Å². The first-order valence-corrected chi connectivity index (χ1v) is 8.54. The lowest BCUT2D eigenvalue weighted by Crippen LogP contribution is -2.37. The maximum Gasteiger partial charge on any atom is 0.191 e. The standard InChI is InChI=1S/C17H26ClN3O2.HI/c1-19-17(21-12-14-6-2-3-8-16(14)18)20-9-5-10-22-13-15-7-4-11-23-15;/h2-3,6,8,15H,4-5,7,9-13H2,1H3,(H2,19,20,21);1H. The summed E-state index contributed by atoms with van der Waals surface area (Å²) in [5.41, 5.74) is 1.05. The third-order valence-electron chi connectivity index (χ3n) is 3.71. The number of ether oxygens (including phenoxy) is 2. The molecule has 0 bridgehead atoms. The highest BCUT2D eigenvalue weighted by molar-refractivity contribution is 14.0. The fraction of sp³-hybridized carbons (Fsp3) is 0.588. The van der Waals surface area contributed by atoms with E-state index in [9.17, 15) is 0 Å². The minimum atomic E-state index is 0. The fourth-order valence-electron chi connectivity index (χ4n) is 2.41. The minimum Gasteiger partial charge on any atom is -0.379 e. The number of nitrogens with one attached hydrogen (secondary N) is 2. The topological polar surface area (TPSA) is 54.9 Å². The Morgan fingerprint density at radius 1 is 1.38 bits per heavy atom. The summed E-state index contributed by atoms with van der Waals surface area (Å²) >= 11 is 6.14. The highest BCUT2D eigenvalue weighted by Gasteiger charge is 2.14. The zero-order chi connectivity index (χ0) is 16.3. The van der Waals surface area contributed by atoms with Crippen molar-refractivity contribution in [3.63, 3.8) is 0 Å². The maximum atomic E-state index is 6.14. The average Bonchev–Trinajstić information content (AvgIpc) is 3.08. The van der Waals surface area contributed by atoms with Crippen molar-refractivity contribution in [1.29, 1.82) is 0 Å². The van der Waals surface area contributed by atoms with E-state index in [1.54, 1.807) is 7.05 Å². The summed E-state index contributed by atoms with van der Waals surface area (Å²) in [5.74, 6) is 0.768. The number of rotatable bonds is 8. The van der Waals surface area contributed by atoms with Crippen LogP contribution in [0, 0.1) is 0 Å². The Kier molecular flexibility index (Phi) is 11.4. The Labute approximate surface area is 166 Å². The normalized spacial score (nSPS) is 17.4. The Morgan fingerprint density at radius 3 is 2.92 bits per heavy atom. The van der Waals surface area contributed by atoms with Crippen molar-refractivity contribution < 1.29 is 9.47 Å². The van der Waals surface area contributed by atoms with E-state index in [1.165, 1.54) is 0 Å². The van der Waals surface area contributed by atoms with E-state index in [0.29, 0.717) is 19.3 Å². The van der Waals surface area contributed by atoms with E-state index in [4.69, 9.17) is 21.1 Å². The molecule has 7 heteroatoms. The molecule has 1 atom stereocenters. The molecule has 1 aliphatic heterocycles. The van der Waals surface area contributed by atoms with Gasteiger partial charge < -0.3 is 20.1 Å². The molecule has 1 unspecified atom stereocenters. The molecule has 2 N–H and O–H groups in total. The summed E-state index contributed by atoms with van der Waals surface area (Å²) in [6.45, 7) is 3.78. The molecule has 1 saturated heterocycles. The van der Waals surface area contributed by atoms with Gasteiger partial charge >= 0.3 is 0 Å². The SMILES string of the molecule is CN=C(NCCCOCC1CCCO1)NCc1ccccc1Cl.I. The van der Waals surface area contributed by atoms with Gasteiger partial charge in [-0.2, -0.15) is 0 Å².